The summed E-state index contributed by atoms with van der Waals surface area (Å²) in [5.41, 5.74) is -1.36. The highest BCUT2D eigenvalue weighted by Crippen LogP contribution is 2.18. The number of hydrogen-bond acceptors (Lipinski definition) is 3. The van der Waals surface area contributed by atoms with Crippen molar-refractivity contribution in [3.63, 3.8) is 0 Å². The Kier molecular flexibility index (Phi) is 5.84. The van der Waals surface area contributed by atoms with E-state index in [2.05, 4.69) is 10.6 Å². The topological polar surface area (TPSA) is 70.6 Å². The fourth-order valence-electron chi connectivity index (χ4n) is 1.77. The monoisotopic (exact) mass is 288 g/mol. The van der Waals surface area contributed by atoms with Gasteiger partial charge in [-0.2, -0.15) is 0 Å². The number of halogens is 2. The van der Waals surface area contributed by atoms with Gasteiger partial charge in [-0.1, -0.05) is 6.07 Å². The van der Waals surface area contributed by atoms with E-state index in [4.69, 9.17) is 9.84 Å². The van der Waals surface area contributed by atoms with E-state index in [1.807, 2.05) is 0 Å². The molecule has 1 aromatic carbocycles. The second-order valence-corrected chi connectivity index (χ2v) is 4.64. The summed E-state index contributed by atoms with van der Waals surface area (Å²) >= 11 is 0. The second kappa shape index (κ2) is 7.16. The molecule has 1 unspecified atom stereocenters. The summed E-state index contributed by atoms with van der Waals surface area (Å²) in [4.78, 5) is 11.8. The van der Waals surface area contributed by atoms with Crippen molar-refractivity contribution in [2.45, 2.75) is 18.9 Å². The average Bonchev–Trinajstić information content (AvgIpc) is 2.34. The minimum atomic E-state index is -0.865. The molecule has 0 aliphatic rings. The number of aliphatic hydroxyl groups excluding tert-OH is 1. The van der Waals surface area contributed by atoms with Gasteiger partial charge in [0.2, 0.25) is 0 Å². The van der Waals surface area contributed by atoms with Gasteiger partial charge in [0.15, 0.2) is 0 Å². The maximum atomic E-state index is 13.4. The van der Waals surface area contributed by atoms with Crippen LogP contribution in [0, 0.1) is 11.6 Å². The first-order valence-electron chi connectivity index (χ1n) is 6.05. The van der Waals surface area contributed by atoms with Crippen molar-refractivity contribution in [1.82, 2.24) is 5.32 Å². The molecule has 0 fully saturated rings. The number of para-hydroxylation sites is 1. The van der Waals surface area contributed by atoms with Crippen molar-refractivity contribution >= 4 is 11.7 Å². The van der Waals surface area contributed by atoms with Crippen LogP contribution in [-0.4, -0.2) is 37.0 Å². The predicted octanol–water partition coefficient (Wildman–Crippen LogP) is 1.87. The van der Waals surface area contributed by atoms with Crippen molar-refractivity contribution < 1.29 is 23.4 Å². The molecule has 0 radical (unpaired) electrons. The third kappa shape index (κ3) is 4.43. The molecule has 2 amide bonds. The Morgan fingerprint density at radius 2 is 2.00 bits per heavy atom. The van der Waals surface area contributed by atoms with Crippen LogP contribution in [0.4, 0.5) is 19.3 Å². The summed E-state index contributed by atoms with van der Waals surface area (Å²) in [6.07, 6.45) is 0.244. The van der Waals surface area contributed by atoms with E-state index in [0.717, 1.165) is 12.1 Å². The molecular weight excluding hydrogens is 270 g/mol. The van der Waals surface area contributed by atoms with E-state index in [1.54, 1.807) is 6.92 Å². The summed E-state index contributed by atoms with van der Waals surface area (Å²) in [7, 11) is 1.45. The summed E-state index contributed by atoms with van der Waals surface area (Å²) < 4.78 is 31.7. The van der Waals surface area contributed by atoms with Gasteiger partial charge in [-0.3, -0.25) is 0 Å². The summed E-state index contributed by atoms with van der Waals surface area (Å²) in [6, 6.07) is 2.51. The average molecular weight is 288 g/mol. The van der Waals surface area contributed by atoms with Crippen molar-refractivity contribution in [2.24, 2.45) is 0 Å². The highest BCUT2D eigenvalue weighted by molar-refractivity contribution is 5.90. The maximum Gasteiger partial charge on any atom is 0.319 e. The molecule has 0 aromatic heterocycles. The number of amides is 2. The fourth-order valence-corrected chi connectivity index (χ4v) is 1.77. The molecule has 0 spiro atoms. The second-order valence-electron chi connectivity index (χ2n) is 4.64. The first-order chi connectivity index (χ1) is 9.41. The molecule has 0 aliphatic heterocycles. The zero-order chi connectivity index (χ0) is 15.2. The molecule has 0 saturated heterocycles. The van der Waals surface area contributed by atoms with E-state index in [-0.39, 0.29) is 19.6 Å². The van der Waals surface area contributed by atoms with Crippen LogP contribution in [0.2, 0.25) is 0 Å². The SMILES string of the molecule is COCC(C)(CCO)NC(=O)Nc1c(F)cccc1F. The predicted molar refractivity (Wildman–Crippen MR) is 70.5 cm³/mol. The molecule has 0 heterocycles. The van der Waals surface area contributed by atoms with E-state index in [9.17, 15) is 13.6 Å². The lowest BCUT2D eigenvalue weighted by Crippen LogP contribution is -2.51. The van der Waals surface area contributed by atoms with Crippen LogP contribution >= 0.6 is 0 Å². The van der Waals surface area contributed by atoms with Gasteiger partial charge in [-0.05, 0) is 25.5 Å². The lowest BCUT2D eigenvalue weighted by molar-refractivity contribution is 0.104. The Morgan fingerprint density at radius 1 is 1.40 bits per heavy atom. The van der Waals surface area contributed by atoms with E-state index < -0.39 is 28.9 Å². The Bertz CT molecular complexity index is 443. The lowest BCUT2D eigenvalue weighted by atomic mass is 10.00. The third-order valence-electron chi connectivity index (χ3n) is 2.74. The molecule has 1 rings (SSSR count). The van der Waals surface area contributed by atoms with Crippen LogP contribution in [0.3, 0.4) is 0 Å². The molecule has 0 saturated carbocycles. The number of methoxy groups -OCH3 is 1. The molecule has 20 heavy (non-hydrogen) atoms. The highest BCUT2D eigenvalue weighted by Gasteiger charge is 2.26. The van der Waals surface area contributed by atoms with Crippen LogP contribution in [0.15, 0.2) is 18.2 Å². The van der Waals surface area contributed by atoms with Crippen LogP contribution in [0.1, 0.15) is 13.3 Å². The minimum absolute atomic E-state index is 0.154. The zero-order valence-electron chi connectivity index (χ0n) is 11.4. The fraction of sp³-hybridized carbons (Fsp3) is 0.462. The van der Waals surface area contributed by atoms with Crippen molar-refractivity contribution in [3.8, 4) is 0 Å². The summed E-state index contributed by atoms with van der Waals surface area (Å²) in [6.45, 7) is 1.65. The van der Waals surface area contributed by atoms with Crippen LogP contribution in [0.5, 0.6) is 0 Å². The van der Waals surface area contributed by atoms with E-state index >= 15 is 0 Å². The zero-order valence-corrected chi connectivity index (χ0v) is 11.4. The standard InChI is InChI=1S/C13H18F2N2O3/c1-13(6-7-18,8-20-2)17-12(19)16-11-9(14)4-3-5-10(11)15/h3-5,18H,6-8H2,1-2H3,(H2,16,17,19). The molecule has 1 aromatic rings. The maximum absolute atomic E-state index is 13.4. The number of nitrogens with one attached hydrogen (secondary N) is 2. The number of aliphatic hydroxyl groups is 1. The first kappa shape index (κ1) is 16.3. The molecule has 0 bridgehead atoms. The van der Waals surface area contributed by atoms with Crippen molar-refractivity contribution in [1.29, 1.82) is 0 Å². The quantitative estimate of drug-likeness (QED) is 0.748. The number of rotatable bonds is 6. The number of carbonyl (C=O) groups excluding carboxylic acids is 1. The van der Waals surface area contributed by atoms with Gasteiger partial charge in [0.05, 0.1) is 12.1 Å². The van der Waals surface area contributed by atoms with E-state index in [0.29, 0.717) is 0 Å². The van der Waals surface area contributed by atoms with Gasteiger partial charge in [0, 0.05) is 13.7 Å². The number of hydrogen-bond donors (Lipinski definition) is 3. The van der Waals surface area contributed by atoms with Crippen molar-refractivity contribution in [2.75, 3.05) is 25.6 Å². The summed E-state index contributed by atoms with van der Waals surface area (Å²) in [5, 5.41) is 13.6. The van der Waals surface area contributed by atoms with Crippen molar-refractivity contribution in [3.05, 3.63) is 29.8 Å². The first-order valence-corrected chi connectivity index (χ1v) is 6.05. The molecular formula is C13H18F2N2O3. The largest absolute Gasteiger partial charge is 0.396 e. The number of ether oxygens (including phenoxy) is 1. The van der Waals surface area contributed by atoms with E-state index in [1.165, 1.54) is 13.2 Å². The normalized spacial score (nSPS) is 13.7. The smallest absolute Gasteiger partial charge is 0.319 e. The third-order valence-corrected chi connectivity index (χ3v) is 2.74. The Morgan fingerprint density at radius 3 is 2.50 bits per heavy atom. The van der Waals surface area contributed by atoms with Crippen LogP contribution < -0.4 is 10.6 Å². The van der Waals surface area contributed by atoms with Gasteiger partial charge in [-0.15, -0.1) is 0 Å². The number of urea groups is 1. The Hall–Kier alpha value is -1.73. The Balaban J connectivity index is 2.76. The van der Waals surface area contributed by atoms with Crippen LogP contribution in [-0.2, 0) is 4.74 Å². The highest BCUT2D eigenvalue weighted by atomic mass is 19.1. The number of benzene rings is 1. The van der Waals surface area contributed by atoms with Gasteiger partial charge in [-0.25, -0.2) is 13.6 Å². The molecule has 3 N–H and O–H groups in total. The molecule has 1 atom stereocenters. The number of anilines is 1. The molecule has 5 nitrogen and oxygen atoms in total. The van der Waals surface area contributed by atoms with Crippen LogP contribution in [0.25, 0.3) is 0 Å². The summed E-state index contributed by atoms with van der Waals surface area (Å²) in [5.74, 6) is -1.73. The van der Waals surface area contributed by atoms with Gasteiger partial charge in [0.25, 0.3) is 0 Å². The number of carbonyl (C=O) groups is 1. The minimum Gasteiger partial charge on any atom is -0.396 e. The molecule has 0 aliphatic carbocycles. The Labute approximate surface area is 115 Å². The molecule has 112 valence electrons. The lowest BCUT2D eigenvalue weighted by Gasteiger charge is -2.29. The molecule has 7 heteroatoms. The van der Waals surface area contributed by atoms with Gasteiger partial charge in [0.1, 0.15) is 17.3 Å². The van der Waals surface area contributed by atoms with Gasteiger partial charge < -0.3 is 20.5 Å². The van der Waals surface area contributed by atoms with Gasteiger partial charge >= 0.3 is 6.03 Å².